The third kappa shape index (κ3) is 4.22. The van der Waals surface area contributed by atoms with Gasteiger partial charge in [0.05, 0.1) is 16.9 Å². The summed E-state index contributed by atoms with van der Waals surface area (Å²) in [6.07, 6.45) is 2.71. The fourth-order valence-electron chi connectivity index (χ4n) is 3.71. The Morgan fingerprint density at radius 2 is 1.73 bits per heavy atom. The lowest BCUT2D eigenvalue weighted by molar-refractivity contribution is 0.499. The number of para-hydroxylation sites is 1. The lowest BCUT2D eigenvalue weighted by Crippen LogP contribution is -2.10. The van der Waals surface area contributed by atoms with E-state index in [0.717, 1.165) is 41.4 Å². The van der Waals surface area contributed by atoms with E-state index in [9.17, 15) is 0 Å². The molecule has 156 valence electrons. The predicted molar refractivity (Wildman–Crippen MR) is 122 cm³/mol. The zero-order valence-electron chi connectivity index (χ0n) is 18.4. The first-order valence-electron chi connectivity index (χ1n) is 10.6. The third-order valence-electron chi connectivity index (χ3n) is 5.01. The largest absolute Gasteiger partial charge is 0.354 e. The van der Waals surface area contributed by atoms with Crippen LogP contribution in [-0.4, -0.2) is 24.3 Å². The number of anilines is 2. The maximum absolute atomic E-state index is 5.05. The molecule has 4 rings (SSSR count). The fraction of sp³-hybridized carbons (Fsp3) is 0.375. The summed E-state index contributed by atoms with van der Waals surface area (Å²) in [5.74, 6) is 3.06. The van der Waals surface area contributed by atoms with Crippen LogP contribution in [0.25, 0.3) is 16.7 Å². The Morgan fingerprint density at radius 1 is 0.967 bits per heavy atom. The molecule has 0 atom stereocenters. The minimum atomic E-state index is 0.567. The smallest absolute Gasteiger partial charge is 0.147 e. The molecule has 2 heterocycles. The molecule has 0 unspecified atom stereocenters. The second-order valence-corrected chi connectivity index (χ2v) is 8.71. The van der Waals surface area contributed by atoms with E-state index in [-0.39, 0.29) is 0 Å². The molecule has 0 bridgehead atoms. The van der Waals surface area contributed by atoms with Crippen molar-refractivity contribution >= 4 is 22.4 Å². The number of benzene rings is 2. The molecule has 4 aromatic rings. The van der Waals surface area contributed by atoms with E-state index in [1.807, 2.05) is 19.1 Å². The first-order chi connectivity index (χ1) is 14.4. The normalized spacial score (nSPS) is 11.7. The molecule has 1 N–H and O–H groups in total. The SMILES string of the molecule is Cc1ncn(-c2ccc(Nc3cccc4c3nc(CC(C)C)n4CC(C)C)cc2)n1. The summed E-state index contributed by atoms with van der Waals surface area (Å²) in [7, 11) is 0. The van der Waals surface area contributed by atoms with E-state index in [4.69, 9.17) is 4.98 Å². The molecule has 0 amide bonds. The Bertz CT molecular complexity index is 1130. The van der Waals surface area contributed by atoms with Crippen LogP contribution in [0.5, 0.6) is 0 Å². The average molecular weight is 403 g/mol. The van der Waals surface area contributed by atoms with Gasteiger partial charge in [0.1, 0.15) is 23.5 Å². The van der Waals surface area contributed by atoms with Crippen molar-refractivity contribution in [1.29, 1.82) is 0 Å². The van der Waals surface area contributed by atoms with Gasteiger partial charge in [0.2, 0.25) is 0 Å². The summed E-state index contributed by atoms with van der Waals surface area (Å²) < 4.78 is 4.17. The molecule has 6 nitrogen and oxygen atoms in total. The Kier molecular flexibility index (Phi) is 5.57. The molecule has 0 aliphatic heterocycles. The van der Waals surface area contributed by atoms with Gasteiger partial charge in [-0.2, -0.15) is 5.10 Å². The van der Waals surface area contributed by atoms with Crippen LogP contribution < -0.4 is 5.32 Å². The van der Waals surface area contributed by atoms with E-state index in [1.165, 1.54) is 11.3 Å². The molecule has 2 aromatic carbocycles. The molecule has 2 aromatic heterocycles. The van der Waals surface area contributed by atoms with Crippen molar-refractivity contribution in [3.63, 3.8) is 0 Å². The van der Waals surface area contributed by atoms with Crippen LogP contribution in [0, 0.1) is 18.8 Å². The first kappa shape index (κ1) is 20.1. The number of imidazole rings is 1. The van der Waals surface area contributed by atoms with Crippen molar-refractivity contribution in [2.75, 3.05) is 5.32 Å². The van der Waals surface area contributed by atoms with Gasteiger partial charge in [-0.3, -0.25) is 0 Å². The Labute approximate surface area is 178 Å². The van der Waals surface area contributed by atoms with Crippen molar-refractivity contribution in [3.05, 3.63) is 60.4 Å². The van der Waals surface area contributed by atoms with E-state index in [1.54, 1.807) is 11.0 Å². The van der Waals surface area contributed by atoms with E-state index < -0.39 is 0 Å². The van der Waals surface area contributed by atoms with Crippen molar-refractivity contribution < 1.29 is 0 Å². The zero-order chi connectivity index (χ0) is 21.3. The molecule has 30 heavy (non-hydrogen) atoms. The van der Waals surface area contributed by atoms with E-state index in [2.05, 4.69) is 78.0 Å². The van der Waals surface area contributed by atoms with Gasteiger partial charge in [-0.25, -0.2) is 14.6 Å². The highest BCUT2D eigenvalue weighted by Crippen LogP contribution is 2.29. The van der Waals surface area contributed by atoms with Crippen molar-refractivity contribution in [1.82, 2.24) is 24.3 Å². The van der Waals surface area contributed by atoms with Gasteiger partial charge in [0, 0.05) is 18.7 Å². The van der Waals surface area contributed by atoms with Crippen LogP contribution in [0.15, 0.2) is 48.8 Å². The van der Waals surface area contributed by atoms with Crippen LogP contribution in [0.4, 0.5) is 11.4 Å². The number of aromatic nitrogens is 5. The molecule has 0 saturated carbocycles. The van der Waals surface area contributed by atoms with Crippen LogP contribution in [0.2, 0.25) is 0 Å². The summed E-state index contributed by atoms with van der Waals surface area (Å²) in [5, 5.41) is 7.92. The lowest BCUT2D eigenvalue weighted by atomic mass is 10.1. The number of fused-ring (bicyclic) bond motifs is 1. The molecule has 0 fully saturated rings. The van der Waals surface area contributed by atoms with Crippen LogP contribution in [-0.2, 0) is 13.0 Å². The van der Waals surface area contributed by atoms with Crippen LogP contribution in [0.3, 0.4) is 0 Å². The zero-order valence-corrected chi connectivity index (χ0v) is 18.4. The quantitative estimate of drug-likeness (QED) is 0.442. The molecule has 6 heteroatoms. The predicted octanol–water partition coefficient (Wildman–Crippen LogP) is 5.52. The number of hydrogen-bond acceptors (Lipinski definition) is 4. The highest BCUT2D eigenvalue weighted by Gasteiger charge is 2.15. The topological polar surface area (TPSA) is 60.6 Å². The second kappa shape index (κ2) is 8.30. The van der Waals surface area contributed by atoms with Gasteiger partial charge in [-0.1, -0.05) is 33.8 Å². The van der Waals surface area contributed by atoms with E-state index in [0.29, 0.717) is 11.8 Å². The number of hydrogen-bond donors (Lipinski definition) is 1. The van der Waals surface area contributed by atoms with Gasteiger partial charge >= 0.3 is 0 Å². The van der Waals surface area contributed by atoms with Gasteiger partial charge < -0.3 is 9.88 Å². The number of nitrogens with one attached hydrogen (secondary N) is 1. The summed E-state index contributed by atoms with van der Waals surface area (Å²) >= 11 is 0. The van der Waals surface area contributed by atoms with Crippen LogP contribution >= 0.6 is 0 Å². The monoisotopic (exact) mass is 402 g/mol. The van der Waals surface area contributed by atoms with E-state index >= 15 is 0 Å². The average Bonchev–Trinajstić information content (AvgIpc) is 3.27. The minimum Gasteiger partial charge on any atom is -0.354 e. The maximum Gasteiger partial charge on any atom is 0.147 e. The van der Waals surface area contributed by atoms with Crippen molar-refractivity contribution in [3.8, 4) is 5.69 Å². The maximum atomic E-state index is 5.05. The summed E-state index contributed by atoms with van der Waals surface area (Å²) in [5.41, 5.74) is 5.26. The van der Waals surface area contributed by atoms with Gasteiger partial charge in [-0.15, -0.1) is 0 Å². The fourth-order valence-corrected chi connectivity index (χ4v) is 3.71. The van der Waals surface area contributed by atoms with Crippen molar-refractivity contribution in [2.24, 2.45) is 11.8 Å². The van der Waals surface area contributed by atoms with Crippen molar-refractivity contribution in [2.45, 2.75) is 47.6 Å². The van der Waals surface area contributed by atoms with Crippen LogP contribution in [0.1, 0.15) is 39.3 Å². The Balaban J connectivity index is 1.66. The standard InChI is InChI=1S/C24H30N6/c1-16(2)13-23-27-24-21(7-6-8-22(24)29(23)14-17(3)4)26-19-9-11-20(12-10-19)30-15-25-18(5)28-30/h6-12,15-17,26H,13-14H2,1-5H3. The molecule has 0 saturated heterocycles. The van der Waals surface area contributed by atoms with Gasteiger partial charge in [0.25, 0.3) is 0 Å². The second-order valence-electron chi connectivity index (χ2n) is 8.71. The first-order valence-corrected chi connectivity index (χ1v) is 10.6. The molecule has 0 aliphatic rings. The summed E-state index contributed by atoms with van der Waals surface area (Å²) in [6, 6.07) is 14.6. The third-order valence-corrected chi connectivity index (χ3v) is 5.01. The molecular weight excluding hydrogens is 372 g/mol. The molecule has 0 radical (unpaired) electrons. The molecular formula is C24H30N6. The lowest BCUT2D eigenvalue weighted by Gasteiger charge is -2.13. The number of aryl methyl sites for hydroxylation is 1. The molecule has 0 spiro atoms. The minimum absolute atomic E-state index is 0.567. The van der Waals surface area contributed by atoms with Gasteiger partial charge in [-0.05, 0) is 55.2 Å². The highest BCUT2D eigenvalue weighted by molar-refractivity contribution is 5.91. The number of nitrogens with zero attached hydrogens (tertiary/aromatic N) is 5. The molecule has 0 aliphatic carbocycles. The summed E-state index contributed by atoms with van der Waals surface area (Å²) in [6.45, 7) is 11.9. The van der Waals surface area contributed by atoms with Gasteiger partial charge in [0.15, 0.2) is 0 Å². The number of rotatable bonds is 7. The Hall–Kier alpha value is -3.15. The summed E-state index contributed by atoms with van der Waals surface area (Å²) in [4.78, 5) is 9.24. The Morgan fingerprint density at radius 3 is 2.37 bits per heavy atom. The highest BCUT2D eigenvalue weighted by atomic mass is 15.3.